The highest BCUT2D eigenvalue weighted by atomic mass is 16.5. The molecule has 0 spiro atoms. The maximum atomic E-state index is 12.3. The zero-order chi connectivity index (χ0) is 22.5. The summed E-state index contributed by atoms with van der Waals surface area (Å²) in [5, 5.41) is 0. The summed E-state index contributed by atoms with van der Waals surface area (Å²) in [6.07, 6.45) is 2.65. The fraction of sp³-hybridized carbons (Fsp3) is 0.478. The molecule has 0 radical (unpaired) electrons. The number of hydrogen-bond donors (Lipinski definition) is 0. The molecule has 1 fully saturated rings. The smallest absolute Gasteiger partial charge is 0.337 e. The summed E-state index contributed by atoms with van der Waals surface area (Å²) in [7, 11) is 3.44. The third kappa shape index (κ3) is 5.45. The van der Waals surface area contributed by atoms with Crippen molar-refractivity contribution in [3.63, 3.8) is 0 Å². The van der Waals surface area contributed by atoms with Crippen molar-refractivity contribution in [1.29, 1.82) is 0 Å². The Balaban J connectivity index is 1.87. The number of hydrogen-bond acceptors (Lipinski definition) is 7. The maximum Gasteiger partial charge on any atom is 0.337 e. The van der Waals surface area contributed by atoms with Crippen LogP contribution in [0, 0.1) is 0 Å². The van der Waals surface area contributed by atoms with Gasteiger partial charge >= 0.3 is 5.97 Å². The standard InChI is InChI=1S/C23H30N4O4/c1-16(28)20-14-18(23(30)31-4)6-7-19(20)22-24-21(17(2)29)15-27(22)9-5-8-26-12-10-25(3)11-13-26/h6-7,14-15H,5,8-13H2,1-4H3. The molecule has 0 aliphatic carbocycles. The highest BCUT2D eigenvalue weighted by molar-refractivity contribution is 6.03. The molecule has 3 rings (SSSR count). The largest absolute Gasteiger partial charge is 0.465 e. The van der Waals surface area contributed by atoms with Gasteiger partial charge in [-0.25, -0.2) is 9.78 Å². The minimum Gasteiger partial charge on any atom is -0.465 e. The molecule has 0 amide bonds. The lowest BCUT2D eigenvalue weighted by Crippen LogP contribution is -2.44. The van der Waals surface area contributed by atoms with Crippen LogP contribution in [-0.2, 0) is 11.3 Å². The minimum atomic E-state index is -0.506. The van der Waals surface area contributed by atoms with Crippen molar-refractivity contribution in [1.82, 2.24) is 19.4 Å². The number of carbonyl (C=O) groups excluding carboxylic acids is 3. The molecule has 1 aliphatic rings. The normalized spacial score (nSPS) is 15.1. The van der Waals surface area contributed by atoms with Crippen molar-refractivity contribution in [2.45, 2.75) is 26.8 Å². The van der Waals surface area contributed by atoms with Gasteiger partial charge in [-0.05, 0) is 45.1 Å². The number of likely N-dealkylation sites (N-methyl/N-ethyl adjacent to an activating group) is 1. The Bertz CT molecular complexity index is 974. The van der Waals surface area contributed by atoms with Gasteiger partial charge in [-0.15, -0.1) is 0 Å². The van der Waals surface area contributed by atoms with E-state index in [1.165, 1.54) is 27.0 Å². The molecule has 1 aliphatic heterocycles. The van der Waals surface area contributed by atoms with Crippen molar-refractivity contribution in [3.8, 4) is 11.4 Å². The molecule has 2 aromatic rings. The number of esters is 1. The number of ether oxygens (including phenoxy) is 1. The number of piperazine rings is 1. The number of aromatic nitrogens is 2. The number of methoxy groups -OCH3 is 1. The van der Waals surface area contributed by atoms with E-state index < -0.39 is 5.97 Å². The highest BCUT2D eigenvalue weighted by Crippen LogP contribution is 2.26. The van der Waals surface area contributed by atoms with Crippen LogP contribution in [0.3, 0.4) is 0 Å². The number of rotatable bonds is 8. The molecular weight excluding hydrogens is 396 g/mol. The van der Waals surface area contributed by atoms with Crippen molar-refractivity contribution >= 4 is 17.5 Å². The van der Waals surface area contributed by atoms with E-state index in [1.807, 2.05) is 4.57 Å². The van der Waals surface area contributed by atoms with Crippen molar-refractivity contribution < 1.29 is 19.1 Å². The molecule has 1 aromatic carbocycles. The summed E-state index contributed by atoms with van der Waals surface area (Å²) >= 11 is 0. The molecular formula is C23H30N4O4. The quantitative estimate of drug-likeness (QED) is 0.473. The van der Waals surface area contributed by atoms with E-state index in [0.717, 1.165) is 39.1 Å². The van der Waals surface area contributed by atoms with Gasteiger partial charge < -0.3 is 19.1 Å². The van der Waals surface area contributed by atoms with Gasteiger partial charge in [0.1, 0.15) is 11.5 Å². The Morgan fingerprint density at radius 3 is 2.35 bits per heavy atom. The fourth-order valence-corrected chi connectivity index (χ4v) is 3.78. The minimum absolute atomic E-state index is 0.130. The number of aryl methyl sites for hydroxylation is 1. The topological polar surface area (TPSA) is 84.7 Å². The number of nitrogens with zero attached hydrogens (tertiary/aromatic N) is 4. The molecule has 8 nitrogen and oxygen atoms in total. The van der Waals surface area contributed by atoms with Gasteiger partial charge in [0.05, 0.1) is 12.7 Å². The molecule has 2 heterocycles. The maximum absolute atomic E-state index is 12.3. The number of Topliss-reactive ketones (excluding diaryl/α,β-unsaturated/α-hetero) is 2. The predicted molar refractivity (Wildman–Crippen MR) is 118 cm³/mol. The Morgan fingerprint density at radius 2 is 1.74 bits per heavy atom. The van der Waals surface area contributed by atoms with E-state index in [0.29, 0.717) is 34.8 Å². The average Bonchev–Trinajstić information content (AvgIpc) is 3.18. The van der Waals surface area contributed by atoms with Gasteiger partial charge in [0.15, 0.2) is 11.6 Å². The average molecular weight is 427 g/mol. The van der Waals surface area contributed by atoms with E-state index in [4.69, 9.17) is 4.74 Å². The summed E-state index contributed by atoms with van der Waals surface area (Å²) in [6.45, 7) is 8.81. The van der Waals surface area contributed by atoms with Crippen LogP contribution in [0.25, 0.3) is 11.4 Å². The molecule has 31 heavy (non-hydrogen) atoms. The molecule has 166 valence electrons. The third-order valence-electron chi connectivity index (χ3n) is 5.67. The summed E-state index contributed by atoms with van der Waals surface area (Å²) < 4.78 is 6.71. The Morgan fingerprint density at radius 1 is 1.03 bits per heavy atom. The van der Waals surface area contributed by atoms with E-state index >= 15 is 0 Å². The van der Waals surface area contributed by atoms with Gasteiger partial charge in [0.2, 0.25) is 0 Å². The zero-order valence-corrected chi connectivity index (χ0v) is 18.7. The van der Waals surface area contributed by atoms with Gasteiger partial charge in [-0.1, -0.05) is 0 Å². The van der Waals surface area contributed by atoms with Gasteiger partial charge in [-0.2, -0.15) is 0 Å². The molecule has 0 bridgehead atoms. The Kier molecular flexibility index (Phi) is 7.35. The van der Waals surface area contributed by atoms with Crippen molar-refractivity contribution in [2.75, 3.05) is 46.9 Å². The van der Waals surface area contributed by atoms with Gasteiger partial charge in [0.25, 0.3) is 0 Å². The Hall–Kier alpha value is -2.84. The number of imidazole rings is 1. The molecule has 0 unspecified atom stereocenters. The molecule has 0 atom stereocenters. The molecule has 8 heteroatoms. The number of carbonyl (C=O) groups is 3. The van der Waals surface area contributed by atoms with Gasteiger partial charge in [-0.3, -0.25) is 9.59 Å². The second-order valence-corrected chi connectivity index (χ2v) is 8.01. The number of ketones is 2. The van der Waals surface area contributed by atoms with Gasteiger partial charge in [0, 0.05) is 57.0 Å². The lowest BCUT2D eigenvalue weighted by atomic mass is 10.00. The predicted octanol–water partition coefficient (Wildman–Crippen LogP) is 2.38. The van der Waals surface area contributed by atoms with Crippen LogP contribution in [0.4, 0.5) is 0 Å². The van der Waals surface area contributed by atoms with E-state index in [1.54, 1.807) is 18.3 Å². The van der Waals surface area contributed by atoms with E-state index in [2.05, 4.69) is 21.8 Å². The van der Waals surface area contributed by atoms with Crippen LogP contribution < -0.4 is 0 Å². The zero-order valence-electron chi connectivity index (χ0n) is 18.7. The fourth-order valence-electron chi connectivity index (χ4n) is 3.78. The SMILES string of the molecule is COC(=O)c1ccc(-c2nc(C(C)=O)cn2CCCN2CCN(C)CC2)c(C(C)=O)c1. The summed E-state index contributed by atoms with van der Waals surface area (Å²) in [5.74, 6) is -0.258. The van der Waals surface area contributed by atoms with Crippen molar-refractivity contribution in [3.05, 3.63) is 41.2 Å². The first kappa shape index (κ1) is 22.8. The lowest BCUT2D eigenvalue weighted by molar-refractivity contribution is 0.0600. The second kappa shape index (κ2) is 9.98. The highest BCUT2D eigenvalue weighted by Gasteiger charge is 2.20. The summed E-state index contributed by atoms with van der Waals surface area (Å²) in [4.78, 5) is 45.5. The van der Waals surface area contributed by atoms with Crippen LogP contribution in [-0.4, -0.2) is 83.8 Å². The lowest BCUT2D eigenvalue weighted by Gasteiger charge is -2.32. The van der Waals surface area contributed by atoms with Crippen LogP contribution >= 0.6 is 0 Å². The van der Waals surface area contributed by atoms with E-state index in [9.17, 15) is 14.4 Å². The molecule has 1 saturated heterocycles. The first-order valence-corrected chi connectivity index (χ1v) is 10.5. The Labute approximate surface area is 182 Å². The first-order chi connectivity index (χ1) is 14.8. The van der Waals surface area contributed by atoms with Crippen LogP contribution in [0.15, 0.2) is 24.4 Å². The molecule has 0 saturated carbocycles. The first-order valence-electron chi connectivity index (χ1n) is 10.5. The molecule has 0 N–H and O–H groups in total. The molecule has 1 aromatic heterocycles. The van der Waals surface area contributed by atoms with Crippen molar-refractivity contribution in [2.24, 2.45) is 0 Å². The van der Waals surface area contributed by atoms with Crippen LogP contribution in [0.5, 0.6) is 0 Å². The third-order valence-corrected chi connectivity index (χ3v) is 5.67. The van der Waals surface area contributed by atoms with Crippen LogP contribution in [0.1, 0.15) is 51.5 Å². The van der Waals surface area contributed by atoms with E-state index in [-0.39, 0.29) is 11.6 Å². The summed E-state index contributed by atoms with van der Waals surface area (Å²) in [6, 6.07) is 4.84. The monoisotopic (exact) mass is 426 g/mol. The number of benzene rings is 1. The summed E-state index contributed by atoms with van der Waals surface area (Å²) in [5.41, 5.74) is 1.65. The second-order valence-electron chi connectivity index (χ2n) is 8.01. The van der Waals surface area contributed by atoms with Crippen LogP contribution in [0.2, 0.25) is 0 Å².